The van der Waals surface area contributed by atoms with Crippen LogP contribution in [-0.2, 0) is 17.6 Å². The number of fused-ring (bicyclic) bond motifs is 1. The summed E-state index contributed by atoms with van der Waals surface area (Å²) in [7, 11) is 3.90. The lowest BCUT2D eigenvalue weighted by Gasteiger charge is -2.29. The van der Waals surface area contributed by atoms with Crippen molar-refractivity contribution in [3.05, 3.63) is 34.9 Å². The molecule has 0 fully saturated rings. The molecule has 0 saturated heterocycles. The Kier molecular flexibility index (Phi) is 4.25. The fourth-order valence-corrected chi connectivity index (χ4v) is 3.11. The van der Waals surface area contributed by atoms with Crippen LogP contribution in [0.25, 0.3) is 0 Å². The van der Waals surface area contributed by atoms with E-state index >= 15 is 0 Å². The Balaban J connectivity index is 2.34. The number of carbonyl (C=O) groups is 1. The van der Waals surface area contributed by atoms with Crippen molar-refractivity contribution in [3.8, 4) is 0 Å². The summed E-state index contributed by atoms with van der Waals surface area (Å²) in [4.78, 5) is 13.3. The SMILES string of the molecule is CC(C(=O)O)C(c1ccc2c(c1)CCCC2)N(C)C. The molecule has 1 aromatic carbocycles. The third kappa shape index (κ3) is 2.98. The molecule has 1 aromatic rings. The van der Waals surface area contributed by atoms with Gasteiger partial charge in [-0.05, 0) is 56.5 Å². The molecule has 1 aliphatic carbocycles. The molecule has 2 rings (SSSR count). The summed E-state index contributed by atoms with van der Waals surface area (Å²) in [6.45, 7) is 1.78. The van der Waals surface area contributed by atoms with E-state index in [0.717, 1.165) is 18.4 Å². The van der Waals surface area contributed by atoms with Crippen LogP contribution in [0.5, 0.6) is 0 Å². The van der Waals surface area contributed by atoms with Gasteiger partial charge in [0.2, 0.25) is 0 Å². The molecule has 0 aromatic heterocycles. The lowest BCUT2D eigenvalue weighted by molar-refractivity contribution is -0.143. The highest BCUT2D eigenvalue weighted by Gasteiger charge is 2.27. The lowest BCUT2D eigenvalue weighted by atomic mass is 9.86. The summed E-state index contributed by atoms with van der Waals surface area (Å²) in [5.74, 6) is -1.15. The molecule has 0 radical (unpaired) electrons. The van der Waals surface area contributed by atoms with E-state index in [-0.39, 0.29) is 6.04 Å². The zero-order chi connectivity index (χ0) is 14.0. The molecule has 0 saturated carbocycles. The van der Waals surface area contributed by atoms with Crippen molar-refractivity contribution >= 4 is 5.97 Å². The van der Waals surface area contributed by atoms with Crippen molar-refractivity contribution in [1.29, 1.82) is 0 Å². The Morgan fingerprint density at radius 3 is 2.42 bits per heavy atom. The maximum atomic E-state index is 11.3. The standard InChI is InChI=1S/C16H23NO2/c1-11(16(18)19)15(17(2)3)14-9-8-12-6-4-5-7-13(12)10-14/h8-11,15H,4-7H2,1-3H3,(H,18,19). The van der Waals surface area contributed by atoms with Crippen molar-refractivity contribution in [2.45, 2.75) is 38.6 Å². The number of benzene rings is 1. The molecule has 0 aliphatic heterocycles. The van der Waals surface area contributed by atoms with Gasteiger partial charge < -0.3 is 10.0 Å². The van der Waals surface area contributed by atoms with Crippen LogP contribution in [-0.4, -0.2) is 30.1 Å². The Morgan fingerprint density at radius 2 is 1.84 bits per heavy atom. The Labute approximate surface area is 115 Å². The molecule has 19 heavy (non-hydrogen) atoms. The molecule has 0 heterocycles. The van der Waals surface area contributed by atoms with Gasteiger partial charge in [-0.1, -0.05) is 25.1 Å². The average molecular weight is 261 g/mol. The topological polar surface area (TPSA) is 40.5 Å². The van der Waals surface area contributed by atoms with Crippen LogP contribution in [0.1, 0.15) is 42.5 Å². The van der Waals surface area contributed by atoms with E-state index in [1.807, 2.05) is 19.0 Å². The largest absolute Gasteiger partial charge is 0.481 e. The number of carboxylic acid groups (broad SMARTS) is 1. The van der Waals surface area contributed by atoms with Gasteiger partial charge in [0, 0.05) is 6.04 Å². The summed E-state index contributed by atoms with van der Waals surface area (Å²) in [5, 5.41) is 9.27. The molecule has 0 bridgehead atoms. The van der Waals surface area contributed by atoms with Crippen molar-refractivity contribution < 1.29 is 9.90 Å². The van der Waals surface area contributed by atoms with E-state index in [1.165, 1.54) is 24.0 Å². The summed E-state index contributed by atoms with van der Waals surface area (Å²) in [6, 6.07) is 6.45. The summed E-state index contributed by atoms with van der Waals surface area (Å²) >= 11 is 0. The summed E-state index contributed by atoms with van der Waals surface area (Å²) in [5.41, 5.74) is 3.98. The van der Waals surface area contributed by atoms with Gasteiger partial charge in [-0.2, -0.15) is 0 Å². The first-order valence-electron chi connectivity index (χ1n) is 7.01. The predicted octanol–water partition coefficient (Wildman–Crippen LogP) is 2.89. The number of carboxylic acids is 1. The highest BCUT2D eigenvalue weighted by atomic mass is 16.4. The first kappa shape index (κ1) is 14.1. The van der Waals surface area contributed by atoms with Crippen LogP contribution in [0.15, 0.2) is 18.2 Å². The lowest BCUT2D eigenvalue weighted by Crippen LogP contribution is -2.30. The van der Waals surface area contributed by atoms with Crippen LogP contribution in [0.3, 0.4) is 0 Å². The van der Waals surface area contributed by atoms with E-state index in [9.17, 15) is 9.90 Å². The van der Waals surface area contributed by atoms with Crippen molar-refractivity contribution in [1.82, 2.24) is 4.90 Å². The third-order valence-corrected chi connectivity index (χ3v) is 4.13. The molecule has 0 amide bonds. The second kappa shape index (κ2) is 5.74. The highest BCUT2D eigenvalue weighted by Crippen LogP contribution is 2.30. The van der Waals surface area contributed by atoms with E-state index in [2.05, 4.69) is 18.2 Å². The van der Waals surface area contributed by atoms with Gasteiger partial charge in [-0.3, -0.25) is 4.79 Å². The molecule has 1 aliphatic rings. The molecular formula is C16H23NO2. The average Bonchev–Trinajstić information content (AvgIpc) is 2.38. The molecule has 0 spiro atoms. The Bertz CT molecular complexity index is 468. The first-order valence-corrected chi connectivity index (χ1v) is 7.01. The van der Waals surface area contributed by atoms with E-state index in [4.69, 9.17) is 0 Å². The molecule has 2 atom stereocenters. The van der Waals surface area contributed by atoms with E-state index in [1.54, 1.807) is 6.92 Å². The van der Waals surface area contributed by atoms with Crippen LogP contribution in [0.4, 0.5) is 0 Å². The van der Waals surface area contributed by atoms with Gasteiger partial charge in [0.1, 0.15) is 0 Å². The van der Waals surface area contributed by atoms with E-state index < -0.39 is 11.9 Å². The number of nitrogens with zero attached hydrogens (tertiary/aromatic N) is 1. The molecular weight excluding hydrogens is 238 g/mol. The van der Waals surface area contributed by atoms with Crippen LogP contribution in [0.2, 0.25) is 0 Å². The summed E-state index contributed by atoms with van der Waals surface area (Å²) in [6.07, 6.45) is 4.81. The van der Waals surface area contributed by atoms with Crippen molar-refractivity contribution in [3.63, 3.8) is 0 Å². The maximum absolute atomic E-state index is 11.3. The minimum absolute atomic E-state index is 0.0651. The quantitative estimate of drug-likeness (QED) is 0.906. The fourth-order valence-electron chi connectivity index (χ4n) is 3.11. The fraction of sp³-hybridized carbons (Fsp3) is 0.562. The number of rotatable bonds is 4. The number of hydrogen-bond donors (Lipinski definition) is 1. The molecule has 3 heteroatoms. The predicted molar refractivity (Wildman–Crippen MR) is 76.3 cm³/mol. The second-order valence-electron chi connectivity index (χ2n) is 5.77. The highest BCUT2D eigenvalue weighted by molar-refractivity contribution is 5.70. The van der Waals surface area contributed by atoms with Crippen molar-refractivity contribution in [2.75, 3.05) is 14.1 Å². The van der Waals surface area contributed by atoms with E-state index in [0.29, 0.717) is 0 Å². The van der Waals surface area contributed by atoms with Crippen LogP contribution < -0.4 is 0 Å². The Morgan fingerprint density at radius 1 is 1.21 bits per heavy atom. The van der Waals surface area contributed by atoms with Gasteiger partial charge in [-0.25, -0.2) is 0 Å². The van der Waals surface area contributed by atoms with Gasteiger partial charge in [0.25, 0.3) is 0 Å². The normalized spacial score (nSPS) is 17.9. The minimum atomic E-state index is -0.739. The summed E-state index contributed by atoms with van der Waals surface area (Å²) < 4.78 is 0. The second-order valence-corrected chi connectivity index (χ2v) is 5.77. The zero-order valence-corrected chi connectivity index (χ0v) is 12.0. The van der Waals surface area contributed by atoms with Gasteiger partial charge in [0.15, 0.2) is 0 Å². The molecule has 2 unspecified atom stereocenters. The van der Waals surface area contributed by atoms with Crippen LogP contribution in [0, 0.1) is 5.92 Å². The van der Waals surface area contributed by atoms with Gasteiger partial charge in [0.05, 0.1) is 5.92 Å². The monoisotopic (exact) mass is 261 g/mol. The minimum Gasteiger partial charge on any atom is -0.481 e. The number of aryl methyl sites for hydroxylation is 2. The maximum Gasteiger partial charge on any atom is 0.308 e. The van der Waals surface area contributed by atoms with Gasteiger partial charge in [-0.15, -0.1) is 0 Å². The molecule has 104 valence electrons. The van der Waals surface area contributed by atoms with Crippen LogP contribution >= 0.6 is 0 Å². The smallest absolute Gasteiger partial charge is 0.308 e. The zero-order valence-electron chi connectivity index (χ0n) is 12.0. The van der Waals surface area contributed by atoms with Gasteiger partial charge >= 0.3 is 5.97 Å². The number of aliphatic carboxylic acids is 1. The van der Waals surface area contributed by atoms with Crippen molar-refractivity contribution in [2.24, 2.45) is 5.92 Å². The first-order chi connectivity index (χ1) is 9.00. The third-order valence-electron chi connectivity index (χ3n) is 4.13. The molecule has 3 nitrogen and oxygen atoms in total. The molecule has 1 N–H and O–H groups in total. The number of hydrogen-bond acceptors (Lipinski definition) is 2. The Hall–Kier alpha value is -1.35.